The summed E-state index contributed by atoms with van der Waals surface area (Å²) < 4.78 is 41.2. The fraction of sp³-hybridized carbons (Fsp3) is 0.538. The molecule has 1 saturated carbocycles. The van der Waals surface area contributed by atoms with Gasteiger partial charge in [0, 0.05) is 10.9 Å². The van der Waals surface area contributed by atoms with E-state index in [-0.39, 0.29) is 16.5 Å². The van der Waals surface area contributed by atoms with Gasteiger partial charge in [0.1, 0.15) is 5.75 Å². The van der Waals surface area contributed by atoms with Crippen molar-refractivity contribution in [2.75, 3.05) is 0 Å². The Morgan fingerprint density at radius 1 is 1.33 bits per heavy atom. The summed E-state index contributed by atoms with van der Waals surface area (Å²) in [6, 6.07) is 6.32. The molecule has 2 rings (SSSR count). The molecule has 1 aromatic carbocycles. The van der Waals surface area contributed by atoms with Gasteiger partial charge >= 0.3 is 6.36 Å². The molecule has 1 fully saturated rings. The third-order valence-electron chi connectivity index (χ3n) is 3.44. The minimum absolute atomic E-state index is 0.0222. The zero-order chi connectivity index (χ0) is 13.4. The van der Waals surface area contributed by atoms with Crippen LogP contribution in [0.2, 0.25) is 0 Å². The molecule has 2 atom stereocenters. The zero-order valence-electron chi connectivity index (χ0n) is 9.93. The van der Waals surface area contributed by atoms with Crippen LogP contribution >= 0.6 is 11.6 Å². The van der Waals surface area contributed by atoms with Gasteiger partial charge in [0.15, 0.2) is 0 Å². The van der Waals surface area contributed by atoms with E-state index in [4.69, 9.17) is 11.6 Å². The molecule has 1 aliphatic carbocycles. The molecule has 1 nitrogen and oxygen atoms in total. The number of hydrogen-bond acceptors (Lipinski definition) is 1. The molecule has 0 aliphatic heterocycles. The summed E-state index contributed by atoms with van der Waals surface area (Å²) in [5.74, 6) is -0.113. The number of hydrogen-bond donors (Lipinski definition) is 0. The van der Waals surface area contributed by atoms with E-state index in [0.29, 0.717) is 12.0 Å². The van der Waals surface area contributed by atoms with Crippen molar-refractivity contribution in [3.05, 3.63) is 29.8 Å². The number of rotatable bonds is 2. The molecular weight excluding hydrogens is 265 g/mol. The van der Waals surface area contributed by atoms with E-state index in [1.165, 1.54) is 6.07 Å². The Morgan fingerprint density at radius 3 is 2.56 bits per heavy atom. The average Bonchev–Trinajstić information content (AvgIpc) is 2.58. The molecule has 1 aliphatic rings. The Labute approximate surface area is 109 Å². The first-order valence-corrected chi connectivity index (χ1v) is 6.23. The van der Waals surface area contributed by atoms with Crippen LogP contribution in [0.3, 0.4) is 0 Å². The molecule has 100 valence electrons. The quantitative estimate of drug-likeness (QED) is 0.717. The van der Waals surface area contributed by atoms with Crippen LogP contribution in [0, 0.1) is 0 Å². The largest absolute Gasteiger partial charge is 0.573 e. The van der Waals surface area contributed by atoms with Crippen molar-refractivity contribution in [2.24, 2.45) is 0 Å². The number of halogens is 4. The van der Waals surface area contributed by atoms with Gasteiger partial charge in [0.2, 0.25) is 0 Å². The highest BCUT2D eigenvalue weighted by Gasteiger charge is 2.40. The van der Waals surface area contributed by atoms with Crippen molar-refractivity contribution in [1.82, 2.24) is 0 Å². The maximum Gasteiger partial charge on any atom is 0.573 e. The second-order valence-electron chi connectivity index (χ2n) is 4.94. The van der Waals surface area contributed by atoms with Crippen LogP contribution in [0.1, 0.15) is 31.7 Å². The third-order valence-corrected chi connectivity index (χ3v) is 3.82. The maximum absolute atomic E-state index is 12.4. The summed E-state index contributed by atoms with van der Waals surface area (Å²) in [7, 11) is 0. The third kappa shape index (κ3) is 2.91. The average molecular weight is 279 g/mol. The van der Waals surface area contributed by atoms with E-state index in [9.17, 15) is 13.2 Å². The molecule has 0 aromatic heterocycles. The van der Waals surface area contributed by atoms with Gasteiger partial charge in [-0.05, 0) is 30.7 Å². The smallest absolute Gasteiger partial charge is 0.405 e. The number of benzene rings is 1. The fourth-order valence-corrected chi connectivity index (χ4v) is 3.04. The van der Waals surface area contributed by atoms with Crippen molar-refractivity contribution in [2.45, 2.75) is 43.3 Å². The van der Waals surface area contributed by atoms with Crippen LogP contribution in [0.5, 0.6) is 5.75 Å². The van der Waals surface area contributed by atoms with Gasteiger partial charge in [-0.25, -0.2) is 0 Å². The molecule has 0 radical (unpaired) electrons. The number of para-hydroxylation sites is 1. The van der Waals surface area contributed by atoms with Gasteiger partial charge in [0.25, 0.3) is 0 Å². The van der Waals surface area contributed by atoms with E-state index in [2.05, 4.69) is 4.74 Å². The van der Waals surface area contributed by atoms with Crippen molar-refractivity contribution in [3.8, 4) is 5.75 Å². The van der Waals surface area contributed by atoms with Crippen molar-refractivity contribution in [1.29, 1.82) is 0 Å². The maximum atomic E-state index is 12.4. The van der Waals surface area contributed by atoms with Gasteiger partial charge in [-0.15, -0.1) is 24.8 Å². The van der Waals surface area contributed by atoms with Crippen molar-refractivity contribution >= 4 is 11.6 Å². The first-order valence-electron chi connectivity index (χ1n) is 5.79. The summed E-state index contributed by atoms with van der Waals surface area (Å²) in [4.78, 5) is 0. The summed E-state index contributed by atoms with van der Waals surface area (Å²) >= 11 is 6.07. The molecule has 5 heteroatoms. The predicted molar refractivity (Wildman–Crippen MR) is 64.0 cm³/mol. The molecule has 0 amide bonds. The molecule has 1 aromatic rings. The molecule has 18 heavy (non-hydrogen) atoms. The minimum Gasteiger partial charge on any atom is -0.405 e. The monoisotopic (exact) mass is 278 g/mol. The van der Waals surface area contributed by atoms with Crippen LogP contribution in [0.15, 0.2) is 24.3 Å². The molecule has 0 saturated heterocycles. The molecule has 0 spiro atoms. The Balaban J connectivity index is 2.33. The van der Waals surface area contributed by atoms with E-state index in [1.54, 1.807) is 18.2 Å². The minimum atomic E-state index is -4.66. The molecule has 0 heterocycles. The van der Waals surface area contributed by atoms with Crippen LogP contribution in [0.4, 0.5) is 13.2 Å². The normalized spacial score (nSPS) is 28.4. The highest BCUT2D eigenvalue weighted by atomic mass is 35.5. The van der Waals surface area contributed by atoms with Crippen LogP contribution in [-0.2, 0) is 5.41 Å². The lowest BCUT2D eigenvalue weighted by Crippen LogP contribution is -2.23. The van der Waals surface area contributed by atoms with Gasteiger partial charge in [0.05, 0.1) is 0 Å². The predicted octanol–water partition coefficient (Wildman–Crippen LogP) is 4.63. The summed E-state index contributed by atoms with van der Waals surface area (Å²) in [6.07, 6.45) is -2.39. The van der Waals surface area contributed by atoms with Gasteiger partial charge in [-0.3, -0.25) is 0 Å². The van der Waals surface area contributed by atoms with E-state index in [0.717, 1.165) is 12.8 Å². The Hall–Kier alpha value is -0.900. The van der Waals surface area contributed by atoms with Crippen molar-refractivity contribution < 1.29 is 17.9 Å². The standard InChI is InChI=1S/C13H14ClF3O/c1-12(7-6-9(14)8-12)10-4-2-3-5-11(10)18-13(15,16)17/h2-5,9H,6-8H2,1H3. The topological polar surface area (TPSA) is 9.23 Å². The molecule has 0 N–H and O–H groups in total. The number of alkyl halides is 4. The summed E-state index contributed by atoms with van der Waals surface area (Å²) in [5, 5.41) is 0.0222. The van der Waals surface area contributed by atoms with Crippen LogP contribution in [0.25, 0.3) is 0 Å². The first kappa shape index (κ1) is 13.5. The molecule has 0 bridgehead atoms. The Morgan fingerprint density at radius 2 is 2.00 bits per heavy atom. The summed E-state index contributed by atoms with van der Waals surface area (Å²) in [5.41, 5.74) is 0.249. The summed E-state index contributed by atoms with van der Waals surface area (Å²) in [6.45, 7) is 1.94. The van der Waals surface area contributed by atoms with E-state index in [1.807, 2.05) is 6.92 Å². The van der Waals surface area contributed by atoms with Crippen LogP contribution < -0.4 is 4.74 Å². The molecule has 2 unspecified atom stereocenters. The molecular formula is C13H14ClF3O. The lowest BCUT2D eigenvalue weighted by atomic mass is 9.80. The second kappa shape index (κ2) is 4.65. The second-order valence-corrected chi connectivity index (χ2v) is 5.56. The van der Waals surface area contributed by atoms with Crippen LogP contribution in [-0.4, -0.2) is 11.7 Å². The SMILES string of the molecule is CC1(c2ccccc2OC(F)(F)F)CCC(Cl)C1. The van der Waals surface area contributed by atoms with E-state index < -0.39 is 6.36 Å². The lowest BCUT2D eigenvalue weighted by Gasteiger charge is -2.27. The lowest BCUT2D eigenvalue weighted by molar-refractivity contribution is -0.275. The highest BCUT2D eigenvalue weighted by Crippen LogP contribution is 2.46. The Bertz CT molecular complexity index is 432. The van der Waals surface area contributed by atoms with E-state index >= 15 is 0 Å². The van der Waals surface area contributed by atoms with Gasteiger partial charge in [-0.2, -0.15) is 0 Å². The van der Waals surface area contributed by atoms with Crippen molar-refractivity contribution in [3.63, 3.8) is 0 Å². The zero-order valence-corrected chi connectivity index (χ0v) is 10.7. The Kier molecular flexibility index (Phi) is 3.49. The highest BCUT2D eigenvalue weighted by molar-refractivity contribution is 6.20. The van der Waals surface area contributed by atoms with Gasteiger partial charge < -0.3 is 4.74 Å². The first-order chi connectivity index (χ1) is 8.30. The van der Waals surface area contributed by atoms with Gasteiger partial charge in [-0.1, -0.05) is 25.1 Å². The fourth-order valence-electron chi connectivity index (χ4n) is 2.59. The number of ether oxygens (including phenoxy) is 1.